The molecule has 0 bridgehead atoms. The molecule has 3 nitrogen and oxygen atoms in total. The summed E-state index contributed by atoms with van der Waals surface area (Å²) in [4.78, 5) is 5.33. The molecule has 1 unspecified atom stereocenters. The molecule has 2 rings (SSSR count). The van der Waals surface area contributed by atoms with Crippen LogP contribution in [0.1, 0.15) is 16.5 Å². The van der Waals surface area contributed by atoms with Gasteiger partial charge < -0.3 is 0 Å². The van der Waals surface area contributed by atoms with Gasteiger partial charge in [0, 0.05) is 26.2 Å². The van der Waals surface area contributed by atoms with E-state index in [1.807, 2.05) is 6.20 Å². The first-order chi connectivity index (χ1) is 8.60. The third-order valence-electron chi connectivity index (χ3n) is 2.41. The fraction of sp³-hybridized carbons (Fsp3) is 0.182. The lowest BCUT2D eigenvalue weighted by Gasteiger charge is -2.14. The number of halogens is 3. The summed E-state index contributed by atoms with van der Waals surface area (Å²) in [5.74, 6) is 5.64. The Bertz CT molecular complexity index is 525. The third-order valence-corrected chi connectivity index (χ3v) is 6.21. The van der Waals surface area contributed by atoms with Crippen molar-refractivity contribution in [3.63, 3.8) is 0 Å². The van der Waals surface area contributed by atoms with Crippen LogP contribution in [0.4, 0.5) is 0 Å². The third kappa shape index (κ3) is 3.61. The molecule has 0 spiro atoms. The second kappa shape index (κ2) is 6.58. The van der Waals surface area contributed by atoms with Crippen molar-refractivity contribution in [2.75, 3.05) is 0 Å². The highest BCUT2D eigenvalue weighted by molar-refractivity contribution is 9.13. The predicted molar refractivity (Wildman–Crippen MR) is 85.4 cm³/mol. The number of thiophene rings is 1. The summed E-state index contributed by atoms with van der Waals surface area (Å²) in [6, 6.07) is 4.20. The van der Waals surface area contributed by atoms with Gasteiger partial charge in [-0.2, -0.15) is 0 Å². The van der Waals surface area contributed by atoms with Gasteiger partial charge in [0.1, 0.15) is 0 Å². The average molecular weight is 456 g/mol. The molecule has 1 atom stereocenters. The minimum absolute atomic E-state index is 0.0775. The van der Waals surface area contributed by atoms with Crippen molar-refractivity contribution in [2.24, 2.45) is 5.84 Å². The first-order valence-corrected chi connectivity index (χ1v) is 8.30. The average Bonchev–Trinajstić information content (AvgIpc) is 2.66. The maximum Gasteiger partial charge on any atom is 0.0843 e. The highest BCUT2D eigenvalue weighted by Gasteiger charge is 2.15. The van der Waals surface area contributed by atoms with Crippen molar-refractivity contribution in [1.29, 1.82) is 0 Å². The Morgan fingerprint density at radius 3 is 2.61 bits per heavy atom. The smallest absolute Gasteiger partial charge is 0.0843 e. The lowest BCUT2D eigenvalue weighted by Crippen LogP contribution is -2.29. The number of aromatic nitrogens is 1. The Labute approximate surface area is 135 Å². The van der Waals surface area contributed by atoms with Gasteiger partial charge in [-0.05, 0) is 71.9 Å². The Balaban J connectivity index is 2.19. The van der Waals surface area contributed by atoms with Crippen LogP contribution in [0.2, 0.25) is 0 Å². The molecule has 0 saturated carbocycles. The van der Waals surface area contributed by atoms with Crippen LogP contribution < -0.4 is 11.3 Å². The summed E-state index contributed by atoms with van der Waals surface area (Å²) in [5.41, 5.74) is 3.98. The predicted octanol–water partition coefficient (Wildman–Crippen LogP) is 4.18. The Morgan fingerprint density at radius 2 is 2.06 bits per heavy atom. The van der Waals surface area contributed by atoms with E-state index in [0.717, 1.165) is 24.7 Å². The van der Waals surface area contributed by atoms with E-state index < -0.39 is 0 Å². The SMILES string of the molecule is NNC(Cc1cncc(Br)c1)c1cc(Br)c(Br)s1. The van der Waals surface area contributed by atoms with Crippen molar-refractivity contribution >= 4 is 59.1 Å². The van der Waals surface area contributed by atoms with E-state index in [4.69, 9.17) is 5.84 Å². The van der Waals surface area contributed by atoms with Crippen LogP contribution in [-0.4, -0.2) is 4.98 Å². The zero-order chi connectivity index (χ0) is 13.1. The van der Waals surface area contributed by atoms with Gasteiger partial charge >= 0.3 is 0 Å². The lowest BCUT2D eigenvalue weighted by atomic mass is 10.1. The summed E-state index contributed by atoms with van der Waals surface area (Å²) in [6.45, 7) is 0. The van der Waals surface area contributed by atoms with Gasteiger partial charge in [0.05, 0.1) is 9.83 Å². The Hall–Kier alpha value is 0.210. The molecular formula is C11H10Br3N3S. The topological polar surface area (TPSA) is 50.9 Å². The van der Waals surface area contributed by atoms with E-state index in [1.54, 1.807) is 17.5 Å². The maximum absolute atomic E-state index is 5.64. The molecule has 0 aliphatic rings. The summed E-state index contributed by atoms with van der Waals surface area (Å²) in [6.07, 6.45) is 4.42. The van der Waals surface area contributed by atoms with Gasteiger partial charge in [0.2, 0.25) is 0 Å². The molecule has 7 heteroatoms. The number of hydrogen-bond acceptors (Lipinski definition) is 4. The van der Waals surface area contributed by atoms with E-state index in [2.05, 4.69) is 70.3 Å². The van der Waals surface area contributed by atoms with Crippen LogP contribution in [0.15, 0.2) is 37.3 Å². The molecule has 2 heterocycles. The fourth-order valence-corrected chi connectivity index (χ4v) is 4.14. The minimum Gasteiger partial charge on any atom is -0.271 e. The zero-order valence-corrected chi connectivity index (χ0v) is 14.7. The molecule has 0 aromatic carbocycles. The minimum atomic E-state index is 0.0775. The molecule has 0 fully saturated rings. The van der Waals surface area contributed by atoms with E-state index in [9.17, 15) is 0 Å². The molecule has 0 amide bonds. The molecule has 0 saturated heterocycles. The second-order valence-electron chi connectivity index (χ2n) is 3.71. The Morgan fingerprint density at radius 1 is 1.28 bits per heavy atom. The molecule has 3 N–H and O–H groups in total. The highest BCUT2D eigenvalue weighted by atomic mass is 79.9. The van der Waals surface area contributed by atoms with Crippen molar-refractivity contribution in [1.82, 2.24) is 10.4 Å². The summed E-state index contributed by atoms with van der Waals surface area (Å²) >= 11 is 12.1. The van der Waals surface area contributed by atoms with Crippen LogP contribution in [0.3, 0.4) is 0 Å². The number of hydrazine groups is 1. The van der Waals surface area contributed by atoms with Crippen molar-refractivity contribution in [3.05, 3.63) is 47.7 Å². The first-order valence-electron chi connectivity index (χ1n) is 5.10. The number of nitrogens with two attached hydrogens (primary N) is 1. The van der Waals surface area contributed by atoms with Gasteiger partial charge in [0.25, 0.3) is 0 Å². The maximum atomic E-state index is 5.64. The molecule has 0 radical (unpaired) electrons. The van der Waals surface area contributed by atoms with Crippen LogP contribution in [0, 0.1) is 0 Å². The Kier molecular flexibility index (Phi) is 5.35. The monoisotopic (exact) mass is 453 g/mol. The lowest BCUT2D eigenvalue weighted by molar-refractivity contribution is 0.559. The van der Waals surface area contributed by atoms with Gasteiger partial charge in [-0.1, -0.05) is 0 Å². The molecule has 0 aliphatic heterocycles. The van der Waals surface area contributed by atoms with Crippen LogP contribution >= 0.6 is 59.1 Å². The van der Waals surface area contributed by atoms with Crippen molar-refractivity contribution in [3.8, 4) is 0 Å². The number of rotatable bonds is 4. The second-order valence-corrected chi connectivity index (χ2v) is 7.88. The highest BCUT2D eigenvalue weighted by Crippen LogP contribution is 2.36. The van der Waals surface area contributed by atoms with Gasteiger partial charge in [-0.15, -0.1) is 11.3 Å². The number of nitrogens with zero attached hydrogens (tertiary/aromatic N) is 1. The van der Waals surface area contributed by atoms with Gasteiger partial charge in [0.15, 0.2) is 0 Å². The van der Waals surface area contributed by atoms with Crippen molar-refractivity contribution < 1.29 is 0 Å². The fourth-order valence-electron chi connectivity index (χ4n) is 1.58. The molecule has 2 aromatic heterocycles. The van der Waals surface area contributed by atoms with Gasteiger partial charge in [-0.3, -0.25) is 16.3 Å². The number of hydrogen-bond donors (Lipinski definition) is 2. The largest absolute Gasteiger partial charge is 0.271 e. The molecule has 0 aliphatic carbocycles. The summed E-state index contributed by atoms with van der Waals surface area (Å²) in [7, 11) is 0. The molecule has 96 valence electrons. The van der Waals surface area contributed by atoms with Crippen LogP contribution in [0.25, 0.3) is 0 Å². The van der Waals surface area contributed by atoms with Gasteiger partial charge in [-0.25, -0.2) is 0 Å². The normalized spacial score (nSPS) is 12.7. The summed E-state index contributed by atoms with van der Waals surface area (Å²) in [5, 5.41) is 0. The van der Waals surface area contributed by atoms with E-state index >= 15 is 0 Å². The zero-order valence-electron chi connectivity index (χ0n) is 9.16. The molecule has 2 aromatic rings. The standard InChI is InChI=1S/C11H10Br3N3S/c12-7-1-6(4-16-5-7)2-9(17-15)10-3-8(13)11(14)18-10/h1,3-5,9,17H,2,15H2. The molecular weight excluding hydrogens is 446 g/mol. The van der Waals surface area contributed by atoms with E-state index in [0.29, 0.717) is 0 Å². The number of nitrogens with one attached hydrogen (secondary N) is 1. The molecule has 18 heavy (non-hydrogen) atoms. The van der Waals surface area contributed by atoms with E-state index in [1.165, 1.54) is 4.88 Å². The first kappa shape index (κ1) is 14.6. The van der Waals surface area contributed by atoms with Crippen LogP contribution in [-0.2, 0) is 6.42 Å². The van der Waals surface area contributed by atoms with E-state index in [-0.39, 0.29) is 6.04 Å². The van der Waals surface area contributed by atoms with Crippen molar-refractivity contribution in [2.45, 2.75) is 12.5 Å². The van der Waals surface area contributed by atoms with Crippen LogP contribution in [0.5, 0.6) is 0 Å². The quantitative estimate of drug-likeness (QED) is 0.537. The summed E-state index contributed by atoms with van der Waals surface area (Å²) < 4.78 is 3.10. The number of pyridine rings is 1.